The molecule has 0 aliphatic carbocycles. The Kier molecular flexibility index (Phi) is 7.59. The van der Waals surface area contributed by atoms with Crippen molar-refractivity contribution in [2.75, 3.05) is 5.75 Å². The molecule has 6 nitrogen and oxygen atoms in total. The maximum Gasteiger partial charge on any atom is 0.251 e. The third-order valence-electron chi connectivity index (χ3n) is 4.32. The largest absolute Gasteiger partial charge is 0.345 e. The van der Waals surface area contributed by atoms with Crippen LogP contribution >= 0.6 is 27.7 Å². The molecule has 3 rings (SSSR count). The second-order valence-corrected chi connectivity index (χ2v) is 8.42. The van der Waals surface area contributed by atoms with Crippen LogP contribution in [-0.2, 0) is 13.1 Å². The highest BCUT2D eigenvalue weighted by Gasteiger charge is 2.15. The molecule has 0 aliphatic rings. The molecule has 1 heterocycles. The number of nitrogens with zero attached hydrogens (tertiary/aromatic N) is 3. The summed E-state index contributed by atoms with van der Waals surface area (Å²) < 4.78 is 2.77. The van der Waals surface area contributed by atoms with Crippen molar-refractivity contribution in [2.45, 2.75) is 25.2 Å². The molecular weight excluding hydrogens is 464 g/mol. The number of hydrogen-bond acceptors (Lipinski definition) is 5. The number of Topliss-reactive ketones (excluding diaryl/α,β-unsaturated/α-hetero) is 1. The van der Waals surface area contributed by atoms with E-state index in [-0.39, 0.29) is 24.0 Å². The fourth-order valence-corrected chi connectivity index (χ4v) is 3.81. The van der Waals surface area contributed by atoms with E-state index in [0.29, 0.717) is 28.7 Å². The van der Waals surface area contributed by atoms with E-state index in [1.54, 1.807) is 30.3 Å². The molecule has 30 heavy (non-hydrogen) atoms. The minimum atomic E-state index is -0.178. The number of aromatic nitrogens is 3. The predicted octanol–water partition coefficient (Wildman–Crippen LogP) is 4.44. The molecule has 154 valence electrons. The zero-order valence-corrected chi connectivity index (χ0v) is 18.9. The number of halogens is 1. The molecular formula is C22H21BrN4O2S. The van der Waals surface area contributed by atoms with E-state index in [9.17, 15) is 9.59 Å². The van der Waals surface area contributed by atoms with Crippen LogP contribution in [0.4, 0.5) is 0 Å². The Bertz CT molecular complexity index is 967. The molecule has 0 aliphatic heterocycles. The van der Waals surface area contributed by atoms with Gasteiger partial charge in [0.25, 0.3) is 5.91 Å². The van der Waals surface area contributed by atoms with Crippen LogP contribution in [0.1, 0.15) is 32.1 Å². The van der Waals surface area contributed by atoms with Gasteiger partial charge in [0.05, 0.1) is 12.3 Å². The molecule has 0 bridgehead atoms. The highest BCUT2D eigenvalue weighted by molar-refractivity contribution is 9.10. The first-order chi connectivity index (χ1) is 14.5. The van der Waals surface area contributed by atoms with Gasteiger partial charge in [-0.1, -0.05) is 63.6 Å². The molecule has 8 heteroatoms. The van der Waals surface area contributed by atoms with Crippen LogP contribution in [0.2, 0.25) is 0 Å². The van der Waals surface area contributed by atoms with Gasteiger partial charge in [-0.3, -0.25) is 9.59 Å². The van der Waals surface area contributed by atoms with Crippen LogP contribution in [-0.4, -0.2) is 32.2 Å². The number of amides is 1. The topological polar surface area (TPSA) is 76.9 Å². The first kappa shape index (κ1) is 22.0. The number of carbonyl (C=O) groups is 2. The van der Waals surface area contributed by atoms with E-state index < -0.39 is 0 Å². The highest BCUT2D eigenvalue weighted by Crippen LogP contribution is 2.20. The highest BCUT2D eigenvalue weighted by atomic mass is 79.9. The number of ketones is 1. The molecule has 1 aromatic heterocycles. The number of allylic oxidation sites excluding steroid dienone is 1. The van der Waals surface area contributed by atoms with Crippen molar-refractivity contribution in [1.29, 1.82) is 0 Å². The van der Waals surface area contributed by atoms with E-state index in [2.05, 4.69) is 38.0 Å². The molecule has 0 atom stereocenters. The summed E-state index contributed by atoms with van der Waals surface area (Å²) in [5, 5.41) is 11.9. The molecule has 3 aromatic rings. The summed E-state index contributed by atoms with van der Waals surface area (Å²) in [6.07, 6.45) is 1.73. The van der Waals surface area contributed by atoms with Gasteiger partial charge in [0.15, 0.2) is 16.8 Å². The lowest BCUT2D eigenvalue weighted by molar-refractivity contribution is 0.0948. The normalized spacial score (nSPS) is 10.6. The number of carbonyl (C=O) groups excluding carboxylic acids is 2. The summed E-state index contributed by atoms with van der Waals surface area (Å²) in [5.74, 6) is 0.679. The number of benzene rings is 2. The Balaban J connectivity index is 1.64. The van der Waals surface area contributed by atoms with Crippen LogP contribution in [0, 0.1) is 6.92 Å². The van der Waals surface area contributed by atoms with Crippen molar-refractivity contribution < 1.29 is 9.59 Å². The molecule has 1 amide bonds. The predicted molar refractivity (Wildman–Crippen MR) is 122 cm³/mol. The van der Waals surface area contributed by atoms with E-state index in [1.807, 2.05) is 35.8 Å². The minimum Gasteiger partial charge on any atom is -0.345 e. The summed E-state index contributed by atoms with van der Waals surface area (Å²) in [5.41, 5.74) is 2.33. The summed E-state index contributed by atoms with van der Waals surface area (Å²) in [6, 6.07) is 14.6. The Morgan fingerprint density at radius 1 is 1.10 bits per heavy atom. The Morgan fingerprint density at radius 2 is 1.77 bits per heavy atom. The van der Waals surface area contributed by atoms with Gasteiger partial charge in [0, 0.05) is 22.1 Å². The van der Waals surface area contributed by atoms with Crippen LogP contribution < -0.4 is 5.32 Å². The van der Waals surface area contributed by atoms with Crippen molar-refractivity contribution in [3.8, 4) is 0 Å². The fourth-order valence-electron chi connectivity index (χ4n) is 2.68. The summed E-state index contributed by atoms with van der Waals surface area (Å²) in [7, 11) is 0. The van der Waals surface area contributed by atoms with E-state index >= 15 is 0 Å². The molecule has 0 saturated heterocycles. The first-order valence-corrected chi connectivity index (χ1v) is 11.0. The second-order valence-electron chi connectivity index (χ2n) is 6.57. The van der Waals surface area contributed by atoms with Crippen LogP contribution in [0.15, 0.2) is 70.8 Å². The van der Waals surface area contributed by atoms with E-state index in [4.69, 9.17) is 0 Å². The van der Waals surface area contributed by atoms with Gasteiger partial charge in [-0.25, -0.2) is 0 Å². The maximum atomic E-state index is 12.4. The van der Waals surface area contributed by atoms with Crippen molar-refractivity contribution in [2.24, 2.45) is 0 Å². The standard InChI is InChI=1S/C22H21BrN4O2S/c1-3-12-27-20(13-24-21(29)17-6-4-15(2)5-7-17)25-26-22(27)30-14-19(28)16-8-10-18(23)11-9-16/h3-11H,1,12-14H2,2H3,(H,24,29). The quantitative estimate of drug-likeness (QED) is 0.276. The maximum absolute atomic E-state index is 12.4. The Hall–Kier alpha value is -2.71. The van der Waals surface area contributed by atoms with Gasteiger partial charge in [0.1, 0.15) is 0 Å². The average molecular weight is 485 g/mol. The monoisotopic (exact) mass is 484 g/mol. The van der Waals surface area contributed by atoms with Crippen molar-refractivity contribution in [3.63, 3.8) is 0 Å². The summed E-state index contributed by atoms with van der Waals surface area (Å²) in [6.45, 7) is 6.46. The Labute approximate surface area is 187 Å². The number of thioether (sulfide) groups is 1. The lowest BCUT2D eigenvalue weighted by Crippen LogP contribution is -2.24. The van der Waals surface area contributed by atoms with Crippen LogP contribution in [0.5, 0.6) is 0 Å². The van der Waals surface area contributed by atoms with E-state index in [1.165, 1.54) is 11.8 Å². The zero-order valence-electron chi connectivity index (χ0n) is 16.5. The van der Waals surface area contributed by atoms with Gasteiger partial charge in [-0.2, -0.15) is 0 Å². The smallest absolute Gasteiger partial charge is 0.251 e. The van der Waals surface area contributed by atoms with Gasteiger partial charge in [-0.05, 0) is 31.2 Å². The molecule has 0 unspecified atom stereocenters. The average Bonchev–Trinajstić information content (AvgIpc) is 3.13. The van der Waals surface area contributed by atoms with Gasteiger partial charge in [0.2, 0.25) is 0 Å². The van der Waals surface area contributed by atoms with Crippen molar-refractivity contribution in [3.05, 3.63) is 88.2 Å². The molecule has 2 aromatic carbocycles. The van der Waals surface area contributed by atoms with Gasteiger partial charge in [-0.15, -0.1) is 16.8 Å². The molecule has 0 spiro atoms. The molecule has 1 N–H and O–H groups in total. The molecule has 0 fully saturated rings. The SMILES string of the molecule is C=CCn1c(CNC(=O)c2ccc(C)cc2)nnc1SCC(=O)c1ccc(Br)cc1. The lowest BCUT2D eigenvalue weighted by Gasteiger charge is -2.09. The first-order valence-electron chi connectivity index (χ1n) is 9.27. The second kappa shape index (κ2) is 10.4. The molecule has 0 radical (unpaired) electrons. The van der Waals surface area contributed by atoms with Crippen molar-refractivity contribution in [1.82, 2.24) is 20.1 Å². The summed E-state index contributed by atoms with van der Waals surface area (Å²) >= 11 is 4.68. The van der Waals surface area contributed by atoms with Gasteiger partial charge >= 0.3 is 0 Å². The molecule has 0 saturated carbocycles. The van der Waals surface area contributed by atoms with Crippen LogP contribution in [0.25, 0.3) is 0 Å². The minimum absolute atomic E-state index is 0.00915. The third-order valence-corrected chi connectivity index (χ3v) is 5.82. The van der Waals surface area contributed by atoms with Gasteiger partial charge < -0.3 is 9.88 Å². The number of rotatable bonds is 9. The lowest BCUT2D eigenvalue weighted by atomic mass is 10.1. The Morgan fingerprint density at radius 3 is 2.43 bits per heavy atom. The zero-order chi connectivity index (χ0) is 21.5. The number of aryl methyl sites for hydroxylation is 1. The number of hydrogen-bond donors (Lipinski definition) is 1. The third kappa shape index (κ3) is 5.67. The van der Waals surface area contributed by atoms with Crippen LogP contribution in [0.3, 0.4) is 0 Å². The van der Waals surface area contributed by atoms with E-state index in [0.717, 1.165) is 10.0 Å². The fraction of sp³-hybridized carbons (Fsp3) is 0.182. The number of nitrogens with one attached hydrogen (secondary N) is 1. The summed E-state index contributed by atoms with van der Waals surface area (Å²) in [4.78, 5) is 24.8. The van der Waals surface area contributed by atoms with Crippen molar-refractivity contribution >= 4 is 39.4 Å².